The molecule has 0 radical (unpaired) electrons. The Bertz CT molecular complexity index is 607. The summed E-state index contributed by atoms with van der Waals surface area (Å²) in [7, 11) is 1.57. The van der Waals surface area contributed by atoms with Crippen molar-refractivity contribution in [2.24, 2.45) is 7.05 Å². The molecule has 0 aliphatic rings. The van der Waals surface area contributed by atoms with Crippen molar-refractivity contribution in [3.63, 3.8) is 0 Å². The second-order valence-corrected chi connectivity index (χ2v) is 3.24. The van der Waals surface area contributed by atoms with Crippen molar-refractivity contribution in [2.75, 3.05) is 0 Å². The molecule has 2 aromatic rings. The summed E-state index contributed by atoms with van der Waals surface area (Å²) >= 11 is 0. The van der Waals surface area contributed by atoms with Gasteiger partial charge in [0.05, 0.1) is 10.9 Å². The molecule has 1 aromatic carbocycles. The smallest absolute Gasteiger partial charge is 0.372 e. The molecule has 2 rings (SSSR count). The van der Waals surface area contributed by atoms with E-state index in [1.165, 1.54) is 4.57 Å². The van der Waals surface area contributed by atoms with Crippen LogP contribution in [0.3, 0.4) is 0 Å². The first-order valence-corrected chi connectivity index (χ1v) is 4.20. The van der Waals surface area contributed by atoms with Gasteiger partial charge in [-0.1, -0.05) is 11.6 Å². The van der Waals surface area contributed by atoms with E-state index in [0.717, 1.165) is 5.56 Å². The molecule has 0 spiro atoms. The van der Waals surface area contributed by atoms with E-state index in [1.807, 2.05) is 13.0 Å². The predicted molar refractivity (Wildman–Crippen MR) is 52.5 cm³/mol. The molecular formula is C10H9NO3. The van der Waals surface area contributed by atoms with Crippen molar-refractivity contribution in [1.29, 1.82) is 0 Å². The molecular weight excluding hydrogens is 182 g/mol. The Morgan fingerprint density at radius 1 is 1.29 bits per heavy atom. The molecule has 0 aliphatic carbocycles. The average molecular weight is 191 g/mol. The lowest BCUT2D eigenvalue weighted by molar-refractivity contribution is 0.433. The fourth-order valence-corrected chi connectivity index (χ4v) is 1.41. The third kappa shape index (κ3) is 1.16. The second-order valence-electron chi connectivity index (χ2n) is 3.24. The molecule has 4 nitrogen and oxygen atoms in total. The maximum absolute atomic E-state index is 11.3. The normalized spacial score (nSPS) is 10.7. The zero-order chi connectivity index (χ0) is 10.3. The Labute approximate surface area is 79.4 Å². The van der Waals surface area contributed by atoms with Crippen molar-refractivity contribution in [1.82, 2.24) is 4.57 Å². The summed E-state index contributed by atoms with van der Waals surface area (Å²) < 4.78 is 5.84. The number of fused-ring (bicyclic) bond motifs is 1. The van der Waals surface area contributed by atoms with E-state index in [0.29, 0.717) is 10.9 Å². The summed E-state index contributed by atoms with van der Waals surface area (Å²) in [6, 6.07) is 5.30. The van der Waals surface area contributed by atoms with Gasteiger partial charge in [-0.15, -0.1) is 0 Å². The van der Waals surface area contributed by atoms with Crippen molar-refractivity contribution in [2.45, 2.75) is 6.92 Å². The number of aryl methyl sites for hydroxylation is 2. The van der Waals surface area contributed by atoms with Crippen LogP contribution in [0.15, 0.2) is 32.2 Å². The number of hydrogen-bond donors (Lipinski definition) is 0. The van der Waals surface area contributed by atoms with Crippen LogP contribution in [0, 0.1) is 6.92 Å². The van der Waals surface area contributed by atoms with Crippen LogP contribution >= 0.6 is 0 Å². The molecule has 0 aliphatic heterocycles. The highest BCUT2D eigenvalue weighted by atomic mass is 16.4. The minimum atomic E-state index is -0.633. The average Bonchev–Trinajstić information content (AvgIpc) is 2.14. The van der Waals surface area contributed by atoms with Gasteiger partial charge in [-0.3, -0.25) is 4.57 Å². The Balaban J connectivity index is 3.10. The predicted octanol–water partition coefficient (Wildman–Crippen LogP) is 0.800. The van der Waals surface area contributed by atoms with Gasteiger partial charge in [-0.25, -0.2) is 9.59 Å². The van der Waals surface area contributed by atoms with Gasteiger partial charge >= 0.3 is 11.4 Å². The third-order valence-corrected chi connectivity index (χ3v) is 2.19. The molecule has 0 fully saturated rings. The maximum atomic E-state index is 11.3. The molecule has 0 amide bonds. The van der Waals surface area contributed by atoms with Gasteiger partial charge in [0, 0.05) is 7.05 Å². The number of aromatic nitrogens is 1. The molecule has 14 heavy (non-hydrogen) atoms. The van der Waals surface area contributed by atoms with Crippen molar-refractivity contribution in [3.8, 4) is 0 Å². The zero-order valence-electron chi connectivity index (χ0n) is 7.90. The van der Waals surface area contributed by atoms with E-state index in [9.17, 15) is 9.59 Å². The van der Waals surface area contributed by atoms with Crippen LogP contribution in [0.2, 0.25) is 0 Å². The molecule has 72 valence electrons. The first-order valence-electron chi connectivity index (χ1n) is 4.20. The lowest BCUT2D eigenvalue weighted by Crippen LogP contribution is -2.22. The highest BCUT2D eigenvalue weighted by Crippen LogP contribution is 2.09. The van der Waals surface area contributed by atoms with Crippen LogP contribution in [-0.2, 0) is 7.05 Å². The molecule has 0 unspecified atom stereocenters. The van der Waals surface area contributed by atoms with Gasteiger partial charge in [0.1, 0.15) is 0 Å². The van der Waals surface area contributed by atoms with E-state index in [1.54, 1.807) is 19.2 Å². The minimum Gasteiger partial charge on any atom is -0.372 e. The molecule has 0 saturated heterocycles. The number of nitrogens with zero attached hydrogens (tertiary/aromatic N) is 1. The molecule has 4 heteroatoms. The van der Waals surface area contributed by atoms with Crippen LogP contribution < -0.4 is 11.4 Å². The number of benzene rings is 1. The zero-order valence-corrected chi connectivity index (χ0v) is 7.90. The molecule has 0 saturated carbocycles. The van der Waals surface area contributed by atoms with Gasteiger partial charge in [0.2, 0.25) is 0 Å². The molecule has 0 atom stereocenters. The molecule has 1 heterocycles. The fourth-order valence-electron chi connectivity index (χ4n) is 1.41. The Morgan fingerprint density at radius 2 is 2.00 bits per heavy atom. The summed E-state index contributed by atoms with van der Waals surface area (Å²) in [4.78, 5) is 22.5. The van der Waals surface area contributed by atoms with Crippen molar-refractivity contribution in [3.05, 3.63) is 44.7 Å². The number of hydrogen-bond acceptors (Lipinski definition) is 3. The first-order chi connectivity index (χ1) is 6.59. The summed E-state index contributed by atoms with van der Waals surface area (Å²) in [5.74, 6) is -0.633. The SMILES string of the molecule is Cc1ccc2c(c1)c(=O)oc(=O)n2C. The summed E-state index contributed by atoms with van der Waals surface area (Å²) in [5.41, 5.74) is 0.979. The van der Waals surface area contributed by atoms with Crippen molar-refractivity contribution < 1.29 is 4.42 Å². The summed E-state index contributed by atoms with van der Waals surface area (Å²) in [6.07, 6.45) is 0. The molecule has 0 N–H and O–H groups in total. The van der Waals surface area contributed by atoms with Gasteiger partial charge < -0.3 is 4.42 Å². The number of rotatable bonds is 0. The minimum absolute atomic E-state index is 0.437. The maximum Gasteiger partial charge on any atom is 0.422 e. The second kappa shape index (κ2) is 2.83. The van der Waals surface area contributed by atoms with Crippen LogP contribution in [-0.4, -0.2) is 4.57 Å². The monoisotopic (exact) mass is 191 g/mol. The van der Waals surface area contributed by atoms with Gasteiger partial charge in [0.15, 0.2) is 0 Å². The highest BCUT2D eigenvalue weighted by molar-refractivity contribution is 5.78. The topological polar surface area (TPSA) is 52.2 Å². The Kier molecular flexibility index (Phi) is 1.77. The van der Waals surface area contributed by atoms with Gasteiger partial charge in [-0.2, -0.15) is 0 Å². The largest absolute Gasteiger partial charge is 0.422 e. The Hall–Kier alpha value is -1.84. The van der Waals surface area contributed by atoms with Gasteiger partial charge in [-0.05, 0) is 19.1 Å². The van der Waals surface area contributed by atoms with Crippen LogP contribution in [0.5, 0.6) is 0 Å². The quantitative estimate of drug-likeness (QED) is 0.618. The summed E-state index contributed by atoms with van der Waals surface area (Å²) in [6.45, 7) is 1.88. The van der Waals surface area contributed by atoms with Crippen LogP contribution in [0.4, 0.5) is 0 Å². The van der Waals surface area contributed by atoms with Crippen LogP contribution in [0.1, 0.15) is 5.56 Å². The van der Waals surface area contributed by atoms with Gasteiger partial charge in [0.25, 0.3) is 0 Å². The highest BCUT2D eigenvalue weighted by Gasteiger charge is 2.05. The van der Waals surface area contributed by atoms with E-state index in [4.69, 9.17) is 0 Å². The summed E-state index contributed by atoms with van der Waals surface area (Å²) in [5, 5.41) is 0.437. The van der Waals surface area contributed by atoms with E-state index in [-0.39, 0.29) is 0 Å². The van der Waals surface area contributed by atoms with E-state index >= 15 is 0 Å². The molecule has 0 bridgehead atoms. The van der Waals surface area contributed by atoms with E-state index < -0.39 is 11.4 Å². The lowest BCUT2D eigenvalue weighted by atomic mass is 10.2. The van der Waals surface area contributed by atoms with Crippen molar-refractivity contribution >= 4 is 10.9 Å². The lowest BCUT2D eigenvalue weighted by Gasteiger charge is -2.02. The molecule has 1 aromatic heterocycles. The van der Waals surface area contributed by atoms with E-state index in [2.05, 4.69) is 4.42 Å². The fraction of sp³-hybridized carbons (Fsp3) is 0.200. The Morgan fingerprint density at radius 3 is 2.71 bits per heavy atom. The van der Waals surface area contributed by atoms with Crippen LogP contribution in [0.25, 0.3) is 10.9 Å². The standard InChI is InChI=1S/C10H9NO3/c1-6-3-4-8-7(5-6)9(12)14-10(13)11(8)2/h3-5H,1-2H3. The third-order valence-electron chi connectivity index (χ3n) is 2.19. The first kappa shape index (κ1) is 8.74.